The highest BCUT2D eigenvalue weighted by Gasteiger charge is 2.13. The monoisotopic (exact) mass is 222 g/mol. The minimum Gasteiger partial charge on any atom is -0.429 e. The second-order valence-electron chi connectivity index (χ2n) is 3.00. The molecule has 0 saturated carbocycles. The molecule has 6 heteroatoms. The molecule has 0 fully saturated rings. The predicted molar refractivity (Wildman–Crippen MR) is 51.9 cm³/mol. The molecule has 0 rings (SSSR count). The molecule has 0 aromatic heterocycles. The van der Waals surface area contributed by atoms with Gasteiger partial charge in [0.1, 0.15) is 0 Å². The van der Waals surface area contributed by atoms with E-state index in [1.54, 1.807) is 13.8 Å². The molecular weight excluding hydrogens is 208 g/mol. The summed E-state index contributed by atoms with van der Waals surface area (Å²) in [5.74, 6) is 0. The van der Waals surface area contributed by atoms with Crippen LogP contribution in [-0.4, -0.2) is 22.8 Å². The first-order valence-corrected chi connectivity index (χ1v) is 5.05. The Morgan fingerprint density at radius 3 is 2.07 bits per heavy atom. The van der Waals surface area contributed by atoms with Crippen LogP contribution >= 0.6 is 11.8 Å². The Balaban J connectivity index is 3.61. The predicted octanol–water partition coefficient (Wildman–Crippen LogP) is 2.74. The fourth-order valence-corrected chi connectivity index (χ4v) is 0.950. The fourth-order valence-electron chi connectivity index (χ4n) is 0.492. The molecule has 0 spiro atoms. The summed E-state index contributed by atoms with van der Waals surface area (Å²) in [4.78, 5) is 29.8. The van der Waals surface area contributed by atoms with Gasteiger partial charge in [0.05, 0.1) is 6.10 Å². The van der Waals surface area contributed by atoms with Crippen molar-refractivity contribution in [3.05, 3.63) is 0 Å². The van der Waals surface area contributed by atoms with Crippen LogP contribution in [0, 0.1) is 0 Å². The SMILES string of the molecule is CC(C)OC(=O)OOC(=O)SC(C)C. The first-order valence-electron chi connectivity index (χ1n) is 4.17. The molecule has 14 heavy (non-hydrogen) atoms. The van der Waals surface area contributed by atoms with E-state index >= 15 is 0 Å². The summed E-state index contributed by atoms with van der Waals surface area (Å²) in [5.41, 5.74) is 0. The number of carbonyl (C=O) groups is 2. The van der Waals surface area contributed by atoms with Gasteiger partial charge in [-0.25, -0.2) is 14.6 Å². The first kappa shape index (κ1) is 13.1. The summed E-state index contributed by atoms with van der Waals surface area (Å²) in [6.45, 7) is 6.95. The lowest BCUT2D eigenvalue weighted by Crippen LogP contribution is -2.15. The largest absolute Gasteiger partial charge is 0.550 e. The first-order chi connectivity index (χ1) is 6.41. The number of carbonyl (C=O) groups excluding carboxylic acids is 2. The van der Waals surface area contributed by atoms with Crippen molar-refractivity contribution >= 4 is 23.2 Å². The normalized spacial score (nSPS) is 10.1. The molecule has 0 N–H and O–H groups in total. The number of thioether (sulfide) groups is 1. The molecule has 0 aliphatic carbocycles. The van der Waals surface area contributed by atoms with Gasteiger partial charge in [0, 0.05) is 5.25 Å². The van der Waals surface area contributed by atoms with Crippen molar-refractivity contribution in [3.63, 3.8) is 0 Å². The third-order valence-electron chi connectivity index (χ3n) is 0.842. The second kappa shape index (κ2) is 6.53. The smallest absolute Gasteiger partial charge is 0.429 e. The molecule has 0 saturated heterocycles. The zero-order valence-corrected chi connectivity index (χ0v) is 9.42. The Hall–Kier alpha value is -0.910. The maximum atomic E-state index is 10.9. The summed E-state index contributed by atoms with van der Waals surface area (Å²) in [6, 6.07) is 0. The molecule has 0 aliphatic heterocycles. The van der Waals surface area contributed by atoms with Gasteiger partial charge >= 0.3 is 11.5 Å². The van der Waals surface area contributed by atoms with Crippen LogP contribution in [0.15, 0.2) is 0 Å². The molecule has 5 nitrogen and oxygen atoms in total. The number of hydrogen-bond acceptors (Lipinski definition) is 6. The van der Waals surface area contributed by atoms with Crippen molar-refractivity contribution in [2.24, 2.45) is 0 Å². The molecule has 0 bridgehead atoms. The van der Waals surface area contributed by atoms with Crippen molar-refractivity contribution in [1.29, 1.82) is 0 Å². The summed E-state index contributed by atoms with van der Waals surface area (Å²) >= 11 is 0.921. The Bertz CT molecular complexity index is 180. The minimum atomic E-state index is -1.02. The van der Waals surface area contributed by atoms with E-state index < -0.39 is 11.5 Å². The molecule has 0 aliphatic rings. The lowest BCUT2D eigenvalue weighted by molar-refractivity contribution is -0.194. The van der Waals surface area contributed by atoms with Crippen molar-refractivity contribution in [3.8, 4) is 0 Å². The molecule has 0 unspecified atom stereocenters. The summed E-state index contributed by atoms with van der Waals surface area (Å²) in [6.07, 6.45) is -1.32. The van der Waals surface area contributed by atoms with Gasteiger partial charge in [0.15, 0.2) is 0 Å². The molecule has 0 aromatic rings. The zero-order valence-electron chi connectivity index (χ0n) is 8.60. The summed E-state index contributed by atoms with van der Waals surface area (Å²) in [5, 5.41) is -0.590. The van der Waals surface area contributed by atoms with Crippen LogP contribution < -0.4 is 0 Å². The molecule has 0 aromatic carbocycles. The van der Waals surface area contributed by atoms with Crippen LogP contribution in [0.5, 0.6) is 0 Å². The molecule has 82 valence electrons. The lowest BCUT2D eigenvalue weighted by Gasteiger charge is -2.06. The Labute approximate surface area is 87.0 Å². The maximum absolute atomic E-state index is 10.9. The van der Waals surface area contributed by atoms with Crippen molar-refractivity contribution < 1.29 is 24.1 Å². The molecule has 0 heterocycles. The van der Waals surface area contributed by atoms with Crippen LogP contribution in [0.3, 0.4) is 0 Å². The van der Waals surface area contributed by atoms with E-state index in [0.717, 1.165) is 11.8 Å². The highest BCUT2D eigenvalue weighted by molar-refractivity contribution is 8.13. The Morgan fingerprint density at radius 2 is 1.64 bits per heavy atom. The van der Waals surface area contributed by atoms with E-state index in [4.69, 9.17) is 0 Å². The van der Waals surface area contributed by atoms with E-state index in [2.05, 4.69) is 14.5 Å². The number of rotatable bonds is 2. The standard InChI is InChI=1S/C8H14O5S/c1-5(2)11-7(9)12-13-8(10)14-6(3)4/h5-6H,1-4H3. The summed E-state index contributed by atoms with van der Waals surface area (Å²) < 4.78 is 4.56. The highest BCUT2D eigenvalue weighted by atomic mass is 32.2. The van der Waals surface area contributed by atoms with E-state index in [0.29, 0.717) is 0 Å². The van der Waals surface area contributed by atoms with Gasteiger partial charge in [-0.1, -0.05) is 13.8 Å². The Kier molecular flexibility index (Phi) is 6.11. The van der Waals surface area contributed by atoms with Crippen LogP contribution in [-0.2, 0) is 14.5 Å². The van der Waals surface area contributed by atoms with Gasteiger partial charge < -0.3 is 4.74 Å². The third kappa shape index (κ3) is 7.72. The van der Waals surface area contributed by atoms with Gasteiger partial charge in [-0.05, 0) is 25.6 Å². The van der Waals surface area contributed by atoms with E-state index in [-0.39, 0.29) is 11.4 Å². The van der Waals surface area contributed by atoms with Gasteiger partial charge in [0.25, 0.3) is 0 Å². The summed E-state index contributed by atoms with van der Waals surface area (Å²) in [7, 11) is 0. The van der Waals surface area contributed by atoms with Crippen LogP contribution in [0.1, 0.15) is 27.7 Å². The van der Waals surface area contributed by atoms with Crippen molar-refractivity contribution in [2.45, 2.75) is 39.0 Å². The van der Waals surface area contributed by atoms with Gasteiger partial charge in [-0.2, -0.15) is 4.79 Å². The third-order valence-corrected chi connectivity index (χ3v) is 1.57. The molecular formula is C8H14O5S. The van der Waals surface area contributed by atoms with Crippen LogP contribution in [0.2, 0.25) is 0 Å². The average Bonchev–Trinajstić information content (AvgIpc) is 1.98. The number of ether oxygens (including phenoxy) is 1. The highest BCUT2D eigenvalue weighted by Crippen LogP contribution is 2.12. The molecule has 0 amide bonds. The van der Waals surface area contributed by atoms with Crippen molar-refractivity contribution in [1.82, 2.24) is 0 Å². The van der Waals surface area contributed by atoms with Crippen molar-refractivity contribution in [2.75, 3.05) is 0 Å². The van der Waals surface area contributed by atoms with E-state index in [1.807, 2.05) is 13.8 Å². The van der Waals surface area contributed by atoms with Gasteiger partial charge in [0.2, 0.25) is 0 Å². The number of hydrogen-bond donors (Lipinski definition) is 0. The van der Waals surface area contributed by atoms with Crippen LogP contribution in [0.25, 0.3) is 0 Å². The topological polar surface area (TPSA) is 61.8 Å². The van der Waals surface area contributed by atoms with Gasteiger partial charge in [-0.15, -0.1) is 0 Å². The molecule has 0 atom stereocenters. The molecule has 0 radical (unpaired) electrons. The fraction of sp³-hybridized carbons (Fsp3) is 0.750. The second-order valence-corrected chi connectivity index (χ2v) is 4.51. The quantitative estimate of drug-likeness (QED) is 0.406. The Morgan fingerprint density at radius 1 is 1.07 bits per heavy atom. The lowest BCUT2D eigenvalue weighted by atomic mass is 10.5. The van der Waals surface area contributed by atoms with E-state index in [9.17, 15) is 9.59 Å². The average molecular weight is 222 g/mol. The van der Waals surface area contributed by atoms with Gasteiger partial charge in [-0.3, -0.25) is 0 Å². The minimum absolute atomic E-state index is 0.0761. The van der Waals surface area contributed by atoms with Crippen LogP contribution in [0.4, 0.5) is 9.59 Å². The maximum Gasteiger partial charge on any atom is 0.550 e. The van der Waals surface area contributed by atoms with E-state index in [1.165, 1.54) is 0 Å². The zero-order chi connectivity index (χ0) is 11.1.